The van der Waals surface area contributed by atoms with Crippen molar-refractivity contribution in [3.8, 4) is 0 Å². The number of hydrogen-bond acceptors (Lipinski definition) is 3. The van der Waals surface area contributed by atoms with Gasteiger partial charge in [-0.2, -0.15) is 12.6 Å². The highest BCUT2D eigenvalue weighted by Gasteiger charge is 2.04. The van der Waals surface area contributed by atoms with E-state index in [1.165, 1.54) is 0 Å². The first-order valence-corrected chi connectivity index (χ1v) is 4.18. The van der Waals surface area contributed by atoms with Crippen LogP contribution in [0.3, 0.4) is 0 Å². The molecule has 2 nitrogen and oxygen atoms in total. The van der Waals surface area contributed by atoms with Crippen LogP contribution in [0.5, 0.6) is 0 Å². The van der Waals surface area contributed by atoms with Crippen LogP contribution >= 0.6 is 12.6 Å². The minimum Gasteiger partial charge on any atom is -0.464 e. The second-order valence-electron chi connectivity index (χ2n) is 2.18. The van der Waals surface area contributed by atoms with Gasteiger partial charge in [0.05, 0.1) is 0 Å². The van der Waals surface area contributed by atoms with Crippen molar-refractivity contribution < 1.29 is 9.53 Å². The van der Waals surface area contributed by atoms with E-state index in [2.05, 4.69) is 19.6 Å². The van der Waals surface area contributed by atoms with Crippen molar-refractivity contribution in [2.24, 2.45) is 0 Å². The summed E-state index contributed by atoms with van der Waals surface area (Å²) in [5, 5.41) is 0. The van der Waals surface area contributed by atoms with E-state index in [1.54, 1.807) is 0 Å². The molecule has 0 aromatic rings. The maximum Gasteiger partial charge on any atom is 0.293 e. The first kappa shape index (κ1) is 9.82. The molecule has 0 saturated heterocycles. The Morgan fingerprint density at radius 3 is 2.80 bits per heavy atom. The van der Waals surface area contributed by atoms with Crippen molar-refractivity contribution in [1.82, 2.24) is 0 Å². The van der Waals surface area contributed by atoms with E-state index >= 15 is 0 Å². The minimum atomic E-state index is 0.0146. The predicted octanol–water partition coefficient (Wildman–Crippen LogP) is 1.65. The molecule has 0 unspecified atom stereocenters. The summed E-state index contributed by atoms with van der Waals surface area (Å²) in [6.07, 6.45) is 3.17. The molecule has 0 amide bonds. The van der Waals surface area contributed by atoms with Crippen LogP contribution in [0.4, 0.5) is 0 Å². The quantitative estimate of drug-likeness (QED) is 0.475. The summed E-state index contributed by atoms with van der Waals surface area (Å²) in [6, 6.07) is 0. The van der Waals surface area contributed by atoms with Gasteiger partial charge < -0.3 is 4.74 Å². The van der Waals surface area contributed by atoms with E-state index in [-0.39, 0.29) is 6.10 Å². The molecular formula is C7H14O2S. The van der Waals surface area contributed by atoms with Gasteiger partial charge in [-0.15, -0.1) is 0 Å². The van der Waals surface area contributed by atoms with Gasteiger partial charge in [0.2, 0.25) is 0 Å². The molecule has 0 saturated carbocycles. The molecule has 10 heavy (non-hydrogen) atoms. The Morgan fingerprint density at radius 1 is 1.70 bits per heavy atom. The molecule has 0 aromatic heterocycles. The average Bonchev–Trinajstić information content (AvgIpc) is 1.98. The molecule has 60 valence electrons. The normalized spacial score (nSPS) is 12.6. The Labute approximate surface area is 67.4 Å². The van der Waals surface area contributed by atoms with Crippen LogP contribution in [0.25, 0.3) is 0 Å². The smallest absolute Gasteiger partial charge is 0.293 e. The summed E-state index contributed by atoms with van der Waals surface area (Å²) in [5.74, 6) is 0.624. The molecule has 0 N–H and O–H groups in total. The van der Waals surface area contributed by atoms with E-state index in [9.17, 15) is 4.79 Å². The lowest BCUT2D eigenvalue weighted by Gasteiger charge is -2.10. The van der Waals surface area contributed by atoms with E-state index in [4.69, 9.17) is 4.74 Å². The molecule has 3 heteroatoms. The molecule has 1 atom stereocenters. The van der Waals surface area contributed by atoms with Crippen molar-refractivity contribution in [2.45, 2.75) is 32.3 Å². The molecule has 0 bridgehead atoms. The van der Waals surface area contributed by atoms with Crippen molar-refractivity contribution in [3.05, 3.63) is 0 Å². The third kappa shape index (κ3) is 4.68. The maximum absolute atomic E-state index is 9.88. The summed E-state index contributed by atoms with van der Waals surface area (Å²) in [4.78, 5) is 9.88. The van der Waals surface area contributed by atoms with Crippen LogP contribution in [0, 0.1) is 0 Å². The number of carbonyl (C=O) groups is 1. The van der Waals surface area contributed by atoms with Gasteiger partial charge in [-0.05, 0) is 6.42 Å². The molecule has 0 heterocycles. The van der Waals surface area contributed by atoms with Crippen LogP contribution < -0.4 is 0 Å². The predicted molar refractivity (Wildman–Crippen MR) is 44.3 cm³/mol. The van der Waals surface area contributed by atoms with Gasteiger partial charge in [-0.1, -0.05) is 19.8 Å². The second kappa shape index (κ2) is 6.93. The molecule has 0 rings (SSSR count). The number of ether oxygens (including phenoxy) is 1. The highest BCUT2D eigenvalue weighted by Crippen LogP contribution is 2.04. The summed E-state index contributed by atoms with van der Waals surface area (Å²) >= 11 is 4.04. The zero-order valence-corrected chi connectivity index (χ0v) is 7.14. The van der Waals surface area contributed by atoms with Crippen LogP contribution in [-0.2, 0) is 9.53 Å². The average molecular weight is 162 g/mol. The summed E-state index contributed by atoms with van der Waals surface area (Å²) < 4.78 is 4.74. The van der Waals surface area contributed by atoms with Crippen LogP contribution in [0.2, 0.25) is 0 Å². The van der Waals surface area contributed by atoms with Gasteiger partial charge >= 0.3 is 0 Å². The van der Waals surface area contributed by atoms with E-state index < -0.39 is 0 Å². The molecule has 0 aliphatic rings. The summed E-state index contributed by atoms with van der Waals surface area (Å²) in [5.41, 5.74) is 0. The highest BCUT2D eigenvalue weighted by atomic mass is 32.1. The Bertz CT molecular complexity index is 85.7. The fraction of sp³-hybridized carbons (Fsp3) is 0.857. The first-order valence-electron chi connectivity index (χ1n) is 3.55. The molecular weight excluding hydrogens is 148 g/mol. The number of rotatable bonds is 6. The van der Waals surface area contributed by atoms with E-state index in [1.807, 2.05) is 0 Å². The SMILES string of the molecule is CCCC[C@H](CS)OC=O. The van der Waals surface area contributed by atoms with Gasteiger partial charge in [0, 0.05) is 5.75 Å². The fourth-order valence-electron chi connectivity index (χ4n) is 0.713. The Balaban J connectivity index is 3.29. The number of thiol groups is 1. The van der Waals surface area contributed by atoms with Crippen LogP contribution in [0.15, 0.2) is 0 Å². The zero-order valence-electron chi connectivity index (χ0n) is 6.25. The van der Waals surface area contributed by atoms with Crippen molar-refractivity contribution in [2.75, 3.05) is 5.75 Å². The van der Waals surface area contributed by atoms with E-state index in [0.717, 1.165) is 19.3 Å². The molecule has 0 aliphatic carbocycles. The lowest BCUT2D eigenvalue weighted by Crippen LogP contribution is -2.13. The van der Waals surface area contributed by atoms with Crippen LogP contribution in [0.1, 0.15) is 26.2 Å². The highest BCUT2D eigenvalue weighted by molar-refractivity contribution is 7.80. The van der Waals surface area contributed by atoms with Crippen LogP contribution in [-0.4, -0.2) is 18.3 Å². The fourth-order valence-corrected chi connectivity index (χ4v) is 0.981. The molecule has 0 aromatic carbocycles. The van der Waals surface area contributed by atoms with E-state index in [0.29, 0.717) is 12.2 Å². The number of unbranched alkanes of at least 4 members (excludes halogenated alkanes) is 1. The van der Waals surface area contributed by atoms with Crippen molar-refractivity contribution >= 4 is 19.1 Å². The Hall–Kier alpha value is -0.180. The minimum absolute atomic E-state index is 0.0146. The number of hydrogen-bond donors (Lipinski definition) is 1. The molecule has 0 radical (unpaired) electrons. The van der Waals surface area contributed by atoms with Crippen molar-refractivity contribution in [1.29, 1.82) is 0 Å². The third-order valence-corrected chi connectivity index (χ3v) is 1.74. The van der Waals surface area contributed by atoms with Crippen molar-refractivity contribution in [3.63, 3.8) is 0 Å². The summed E-state index contributed by atoms with van der Waals surface area (Å²) in [6.45, 7) is 2.60. The lowest BCUT2D eigenvalue weighted by atomic mass is 10.2. The Kier molecular flexibility index (Phi) is 6.81. The Morgan fingerprint density at radius 2 is 2.40 bits per heavy atom. The standard InChI is InChI=1S/C7H14O2S/c1-2-3-4-7(5-10)9-6-8/h6-7,10H,2-5H2,1H3/t7-/m1/s1. The number of carbonyl (C=O) groups excluding carboxylic acids is 1. The van der Waals surface area contributed by atoms with Gasteiger partial charge in [0.15, 0.2) is 0 Å². The zero-order chi connectivity index (χ0) is 7.82. The van der Waals surface area contributed by atoms with Gasteiger partial charge in [0.1, 0.15) is 6.10 Å². The second-order valence-corrected chi connectivity index (χ2v) is 2.54. The monoisotopic (exact) mass is 162 g/mol. The topological polar surface area (TPSA) is 26.3 Å². The molecule has 0 aliphatic heterocycles. The molecule has 0 spiro atoms. The third-order valence-electron chi connectivity index (χ3n) is 1.33. The summed E-state index contributed by atoms with van der Waals surface area (Å²) in [7, 11) is 0. The largest absolute Gasteiger partial charge is 0.464 e. The van der Waals surface area contributed by atoms with Gasteiger partial charge in [0.25, 0.3) is 6.47 Å². The molecule has 0 fully saturated rings. The lowest BCUT2D eigenvalue weighted by molar-refractivity contribution is -0.132. The van der Waals surface area contributed by atoms with Gasteiger partial charge in [-0.3, -0.25) is 4.79 Å². The maximum atomic E-state index is 9.88. The van der Waals surface area contributed by atoms with Gasteiger partial charge in [-0.25, -0.2) is 0 Å². The first-order chi connectivity index (χ1) is 4.85.